The number of nitrogens with zero attached hydrogens (tertiary/aromatic N) is 1. The van der Waals surface area contributed by atoms with Crippen molar-refractivity contribution < 1.29 is 26.8 Å². The molecule has 0 unspecified atom stereocenters. The molecule has 0 aliphatic heterocycles. The van der Waals surface area contributed by atoms with Crippen LogP contribution in [0.2, 0.25) is 0 Å². The van der Waals surface area contributed by atoms with Crippen molar-refractivity contribution in [2.45, 2.75) is 18.7 Å². The summed E-state index contributed by atoms with van der Waals surface area (Å²) in [7, 11) is -1.57. The lowest BCUT2D eigenvalue weighted by Gasteiger charge is -2.13. The van der Waals surface area contributed by atoms with Crippen LogP contribution in [0.15, 0.2) is 33.6 Å². The molecule has 0 aliphatic rings. The maximum absolute atomic E-state index is 13.9. The van der Waals surface area contributed by atoms with Crippen LogP contribution in [0, 0.1) is 19.7 Å². The molecule has 0 spiro atoms. The summed E-state index contributed by atoms with van der Waals surface area (Å²) in [6, 6.07) is 4.39. The van der Waals surface area contributed by atoms with Crippen LogP contribution in [0.4, 0.5) is 4.39 Å². The van der Waals surface area contributed by atoms with Gasteiger partial charge in [0.05, 0.1) is 5.56 Å². The molecule has 1 heterocycles. The average Bonchev–Trinajstić information content (AvgIpc) is 2.90. The van der Waals surface area contributed by atoms with Gasteiger partial charge in [0.2, 0.25) is 10.0 Å². The summed E-state index contributed by atoms with van der Waals surface area (Å²) in [4.78, 5) is 23.6. The van der Waals surface area contributed by atoms with Crippen molar-refractivity contribution in [2.24, 2.45) is 0 Å². The van der Waals surface area contributed by atoms with Gasteiger partial charge in [-0.3, -0.25) is 20.4 Å². The summed E-state index contributed by atoms with van der Waals surface area (Å²) >= 11 is 0. The minimum absolute atomic E-state index is 0.132. The highest BCUT2D eigenvalue weighted by Crippen LogP contribution is 2.19. The number of aryl methyl sites for hydroxylation is 2. The van der Waals surface area contributed by atoms with Crippen LogP contribution in [0.1, 0.15) is 32.2 Å². The van der Waals surface area contributed by atoms with E-state index in [0.717, 1.165) is 22.5 Å². The molecule has 140 valence electrons. The van der Waals surface area contributed by atoms with E-state index in [2.05, 4.69) is 10.9 Å². The molecule has 2 aromatic rings. The largest absolute Gasteiger partial charge is 0.466 e. The molecule has 2 amide bonds. The summed E-state index contributed by atoms with van der Waals surface area (Å²) < 4.78 is 44.1. The van der Waals surface area contributed by atoms with Gasteiger partial charge < -0.3 is 4.42 Å². The van der Waals surface area contributed by atoms with Gasteiger partial charge in [-0.1, -0.05) is 0 Å². The number of sulfonamides is 1. The van der Waals surface area contributed by atoms with Gasteiger partial charge >= 0.3 is 0 Å². The van der Waals surface area contributed by atoms with Crippen molar-refractivity contribution >= 4 is 21.8 Å². The van der Waals surface area contributed by atoms with Crippen molar-refractivity contribution in [3.63, 3.8) is 0 Å². The van der Waals surface area contributed by atoms with Gasteiger partial charge in [-0.15, -0.1) is 0 Å². The Labute approximate surface area is 150 Å². The highest BCUT2D eigenvalue weighted by Gasteiger charge is 2.23. The number of carbonyl (C=O) groups is 2. The molecule has 10 heteroatoms. The van der Waals surface area contributed by atoms with Gasteiger partial charge in [0, 0.05) is 19.7 Å². The second-order valence-electron chi connectivity index (χ2n) is 5.67. The SMILES string of the molecule is Cc1cc(C(=O)NNC(=O)c2ccc(F)c(S(=O)(=O)N(C)C)c2)c(C)o1. The van der Waals surface area contributed by atoms with E-state index in [1.165, 1.54) is 20.2 Å². The van der Waals surface area contributed by atoms with Crippen LogP contribution in [0.3, 0.4) is 0 Å². The van der Waals surface area contributed by atoms with Crippen LogP contribution in [0.5, 0.6) is 0 Å². The van der Waals surface area contributed by atoms with Crippen LogP contribution >= 0.6 is 0 Å². The van der Waals surface area contributed by atoms with E-state index < -0.39 is 32.6 Å². The zero-order valence-corrected chi connectivity index (χ0v) is 15.4. The fourth-order valence-corrected chi connectivity index (χ4v) is 3.13. The standard InChI is InChI=1S/C16H18FN3O5S/c1-9-7-12(10(2)25-9)16(22)19-18-15(21)11-5-6-13(17)14(8-11)26(23,24)20(3)4/h5-8H,1-4H3,(H,18,21)(H,19,22). The second-order valence-corrected chi connectivity index (χ2v) is 7.79. The first-order valence-corrected chi connectivity index (χ1v) is 8.88. The highest BCUT2D eigenvalue weighted by molar-refractivity contribution is 7.89. The van der Waals surface area contributed by atoms with Gasteiger partial charge in [0.25, 0.3) is 11.8 Å². The number of hydrazine groups is 1. The van der Waals surface area contributed by atoms with Crippen LogP contribution in [0.25, 0.3) is 0 Å². The Morgan fingerprint density at radius 3 is 2.23 bits per heavy atom. The second kappa shape index (κ2) is 7.26. The maximum atomic E-state index is 13.9. The number of carbonyl (C=O) groups excluding carboxylic acids is 2. The predicted molar refractivity (Wildman–Crippen MR) is 90.4 cm³/mol. The summed E-state index contributed by atoms with van der Waals surface area (Å²) in [6.45, 7) is 3.27. The molecule has 1 aromatic carbocycles. The quantitative estimate of drug-likeness (QED) is 0.775. The van der Waals surface area contributed by atoms with Crippen molar-refractivity contribution in [3.8, 4) is 0 Å². The fourth-order valence-electron chi connectivity index (χ4n) is 2.15. The molecule has 2 rings (SSSR count). The first-order chi connectivity index (χ1) is 12.0. The summed E-state index contributed by atoms with van der Waals surface area (Å²) in [5, 5.41) is 0. The zero-order valence-electron chi connectivity index (χ0n) is 14.6. The van der Waals surface area contributed by atoms with Crippen molar-refractivity contribution in [3.05, 3.63) is 52.7 Å². The molecule has 2 N–H and O–H groups in total. The van der Waals surface area contributed by atoms with Crippen molar-refractivity contribution in [2.75, 3.05) is 14.1 Å². The van der Waals surface area contributed by atoms with E-state index >= 15 is 0 Å². The Bertz CT molecular complexity index is 966. The van der Waals surface area contributed by atoms with Gasteiger partial charge in [-0.05, 0) is 38.1 Å². The van der Waals surface area contributed by atoms with Gasteiger partial charge in [0.1, 0.15) is 22.2 Å². The summed E-state index contributed by atoms with van der Waals surface area (Å²) in [5.74, 6) is -1.46. The Hall–Kier alpha value is -2.72. The van der Waals surface area contributed by atoms with E-state index in [-0.39, 0.29) is 11.1 Å². The maximum Gasteiger partial charge on any atom is 0.273 e. The van der Waals surface area contributed by atoms with Gasteiger partial charge in [-0.25, -0.2) is 17.1 Å². The number of nitrogens with one attached hydrogen (secondary N) is 2. The monoisotopic (exact) mass is 383 g/mol. The predicted octanol–water partition coefficient (Wildman–Crippen LogP) is 1.36. The lowest BCUT2D eigenvalue weighted by atomic mass is 10.2. The smallest absolute Gasteiger partial charge is 0.273 e. The van der Waals surface area contributed by atoms with Gasteiger partial charge in [-0.2, -0.15) is 0 Å². The number of halogens is 1. The van der Waals surface area contributed by atoms with E-state index in [9.17, 15) is 22.4 Å². The molecule has 1 aromatic heterocycles. The van der Waals surface area contributed by atoms with Crippen molar-refractivity contribution in [1.82, 2.24) is 15.2 Å². The number of amides is 2. The first-order valence-electron chi connectivity index (χ1n) is 7.44. The molecular formula is C16H18FN3O5S. The lowest BCUT2D eigenvalue weighted by molar-refractivity contribution is 0.0845. The molecular weight excluding hydrogens is 365 g/mol. The fraction of sp³-hybridized carbons (Fsp3) is 0.250. The third-order valence-corrected chi connectivity index (χ3v) is 5.36. The number of benzene rings is 1. The summed E-state index contributed by atoms with van der Waals surface area (Å²) in [6.07, 6.45) is 0. The van der Waals surface area contributed by atoms with Gasteiger partial charge in [0.15, 0.2) is 0 Å². The van der Waals surface area contributed by atoms with E-state index in [0.29, 0.717) is 11.5 Å². The molecule has 0 saturated heterocycles. The minimum Gasteiger partial charge on any atom is -0.466 e. The molecule has 0 atom stereocenters. The Balaban J connectivity index is 2.18. The molecule has 0 aliphatic carbocycles. The number of hydrogen-bond donors (Lipinski definition) is 2. The molecule has 0 bridgehead atoms. The average molecular weight is 383 g/mol. The van der Waals surface area contributed by atoms with E-state index in [1.54, 1.807) is 13.8 Å². The van der Waals surface area contributed by atoms with E-state index in [1.807, 2.05) is 0 Å². The van der Waals surface area contributed by atoms with E-state index in [4.69, 9.17) is 4.42 Å². The molecule has 8 nitrogen and oxygen atoms in total. The Morgan fingerprint density at radius 1 is 1.08 bits per heavy atom. The molecule has 0 radical (unpaired) electrons. The summed E-state index contributed by atoms with van der Waals surface area (Å²) in [5.41, 5.74) is 4.46. The minimum atomic E-state index is -4.06. The van der Waals surface area contributed by atoms with Crippen LogP contribution in [-0.2, 0) is 10.0 Å². The number of furan rings is 1. The topological polar surface area (TPSA) is 109 Å². The Morgan fingerprint density at radius 2 is 1.69 bits per heavy atom. The zero-order chi connectivity index (χ0) is 19.6. The Kier molecular flexibility index (Phi) is 5.47. The molecule has 0 fully saturated rings. The normalized spacial score (nSPS) is 11.5. The lowest BCUT2D eigenvalue weighted by Crippen LogP contribution is -2.41. The molecule has 26 heavy (non-hydrogen) atoms. The van der Waals surface area contributed by atoms with Crippen molar-refractivity contribution in [1.29, 1.82) is 0 Å². The number of hydrogen-bond acceptors (Lipinski definition) is 5. The van der Waals surface area contributed by atoms with Crippen LogP contribution < -0.4 is 10.9 Å². The third kappa shape index (κ3) is 3.92. The molecule has 0 saturated carbocycles. The number of rotatable bonds is 4. The highest BCUT2D eigenvalue weighted by atomic mass is 32.2. The third-order valence-electron chi connectivity index (χ3n) is 3.53. The first kappa shape index (κ1) is 19.6. The van der Waals surface area contributed by atoms with Crippen LogP contribution in [-0.4, -0.2) is 38.6 Å².